The van der Waals surface area contributed by atoms with E-state index < -0.39 is 0 Å². The van der Waals surface area contributed by atoms with Gasteiger partial charge in [-0.05, 0) is 43.4 Å². The molecule has 0 amide bonds. The van der Waals surface area contributed by atoms with Gasteiger partial charge in [0.2, 0.25) is 0 Å². The number of nitrogens with one attached hydrogen (secondary N) is 1. The van der Waals surface area contributed by atoms with E-state index in [2.05, 4.69) is 46.6 Å². The first-order valence-corrected chi connectivity index (χ1v) is 7.63. The number of nitrogens with zero attached hydrogens (tertiary/aromatic N) is 3. The molecule has 2 aromatic rings. The maximum absolute atomic E-state index is 4.22. The summed E-state index contributed by atoms with van der Waals surface area (Å²) in [5.74, 6) is 0.843. The van der Waals surface area contributed by atoms with Crippen LogP contribution in [0.5, 0.6) is 0 Å². The van der Waals surface area contributed by atoms with Crippen molar-refractivity contribution < 1.29 is 0 Å². The van der Waals surface area contributed by atoms with Crippen LogP contribution in [-0.4, -0.2) is 20.9 Å². The van der Waals surface area contributed by atoms with Crippen LogP contribution in [0.3, 0.4) is 0 Å². The Morgan fingerprint density at radius 3 is 2.90 bits per heavy atom. The van der Waals surface area contributed by atoms with Crippen LogP contribution in [0.25, 0.3) is 0 Å². The highest BCUT2D eigenvalue weighted by Crippen LogP contribution is 2.41. The van der Waals surface area contributed by atoms with Crippen LogP contribution in [0.2, 0.25) is 0 Å². The molecule has 20 heavy (non-hydrogen) atoms. The first-order chi connectivity index (χ1) is 9.76. The van der Waals surface area contributed by atoms with E-state index in [1.54, 1.807) is 0 Å². The summed E-state index contributed by atoms with van der Waals surface area (Å²) in [6.07, 6.45) is 12.4. The van der Waals surface area contributed by atoms with Gasteiger partial charge in [-0.1, -0.05) is 6.92 Å². The van der Waals surface area contributed by atoms with E-state index in [1.165, 1.54) is 30.4 Å². The molecule has 2 aromatic heterocycles. The zero-order valence-corrected chi connectivity index (χ0v) is 12.4. The summed E-state index contributed by atoms with van der Waals surface area (Å²) in [5.41, 5.74) is 2.68. The molecule has 1 aliphatic carbocycles. The van der Waals surface area contributed by atoms with Crippen LogP contribution in [0.15, 0.2) is 30.9 Å². The molecule has 4 nitrogen and oxygen atoms in total. The second-order valence-corrected chi connectivity index (χ2v) is 5.91. The molecule has 1 N–H and O–H groups in total. The number of hydrogen-bond acceptors (Lipinski definition) is 2. The van der Waals surface area contributed by atoms with E-state index in [9.17, 15) is 0 Å². The Morgan fingerprint density at radius 1 is 1.40 bits per heavy atom. The van der Waals surface area contributed by atoms with Gasteiger partial charge in [-0.2, -0.15) is 5.10 Å². The largest absolute Gasteiger partial charge is 0.349 e. The van der Waals surface area contributed by atoms with Gasteiger partial charge in [-0.3, -0.25) is 4.68 Å². The number of hydrogen-bond donors (Lipinski definition) is 1. The van der Waals surface area contributed by atoms with E-state index >= 15 is 0 Å². The van der Waals surface area contributed by atoms with Crippen molar-refractivity contribution in [2.24, 2.45) is 13.0 Å². The highest BCUT2D eigenvalue weighted by Gasteiger charge is 2.32. The van der Waals surface area contributed by atoms with Crippen LogP contribution >= 0.6 is 0 Å². The molecule has 1 aliphatic rings. The molecule has 2 heterocycles. The highest BCUT2D eigenvalue weighted by molar-refractivity contribution is 5.19. The lowest BCUT2D eigenvalue weighted by Gasteiger charge is -2.16. The molecule has 1 saturated carbocycles. The maximum Gasteiger partial charge on any atom is 0.0539 e. The average molecular weight is 272 g/mol. The predicted molar refractivity (Wildman–Crippen MR) is 80.5 cm³/mol. The van der Waals surface area contributed by atoms with E-state index in [1.807, 2.05) is 17.9 Å². The Balaban J connectivity index is 1.68. The first-order valence-electron chi connectivity index (χ1n) is 7.63. The van der Waals surface area contributed by atoms with Crippen molar-refractivity contribution in [2.75, 3.05) is 6.54 Å². The van der Waals surface area contributed by atoms with Gasteiger partial charge >= 0.3 is 0 Å². The summed E-state index contributed by atoms with van der Waals surface area (Å²) < 4.78 is 4.12. The molecule has 1 fully saturated rings. The lowest BCUT2D eigenvalue weighted by molar-refractivity contribution is 0.480. The molecule has 3 rings (SSSR count). The van der Waals surface area contributed by atoms with Crippen molar-refractivity contribution in [3.63, 3.8) is 0 Å². The van der Waals surface area contributed by atoms with Gasteiger partial charge in [0.1, 0.15) is 0 Å². The van der Waals surface area contributed by atoms with Crippen molar-refractivity contribution in [2.45, 2.75) is 38.8 Å². The molecule has 0 spiro atoms. The van der Waals surface area contributed by atoms with Gasteiger partial charge in [0.05, 0.1) is 12.7 Å². The molecular weight excluding hydrogens is 248 g/mol. The van der Waals surface area contributed by atoms with Crippen LogP contribution in [-0.2, 0) is 13.6 Å². The van der Waals surface area contributed by atoms with Crippen molar-refractivity contribution in [3.8, 4) is 0 Å². The maximum atomic E-state index is 4.22. The minimum absolute atomic E-state index is 0.546. The van der Waals surface area contributed by atoms with Gasteiger partial charge in [0, 0.05) is 37.2 Å². The summed E-state index contributed by atoms with van der Waals surface area (Å²) in [7, 11) is 1.96. The van der Waals surface area contributed by atoms with Gasteiger partial charge in [0.25, 0.3) is 0 Å². The molecule has 0 saturated heterocycles. The second-order valence-electron chi connectivity index (χ2n) is 5.91. The Morgan fingerprint density at radius 2 is 2.25 bits per heavy atom. The van der Waals surface area contributed by atoms with E-state index in [4.69, 9.17) is 0 Å². The fourth-order valence-electron chi connectivity index (χ4n) is 2.79. The molecule has 1 atom stereocenters. The minimum atomic E-state index is 0.546. The molecule has 0 aromatic carbocycles. The molecule has 0 radical (unpaired) electrons. The summed E-state index contributed by atoms with van der Waals surface area (Å²) in [4.78, 5) is 0. The summed E-state index contributed by atoms with van der Waals surface area (Å²) in [5, 5.41) is 7.92. The van der Waals surface area contributed by atoms with Crippen LogP contribution in [0, 0.1) is 5.92 Å². The van der Waals surface area contributed by atoms with E-state index in [0.717, 1.165) is 19.0 Å². The van der Waals surface area contributed by atoms with Crippen molar-refractivity contribution in [3.05, 3.63) is 42.0 Å². The minimum Gasteiger partial charge on any atom is -0.349 e. The third-order valence-electron chi connectivity index (χ3n) is 3.96. The Hall–Kier alpha value is -1.55. The third-order valence-corrected chi connectivity index (χ3v) is 3.96. The van der Waals surface area contributed by atoms with Crippen LogP contribution < -0.4 is 5.32 Å². The van der Waals surface area contributed by atoms with Crippen molar-refractivity contribution in [1.82, 2.24) is 19.7 Å². The number of rotatable bonds is 7. The van der Waals surface area contributed by atoms with Crippen LogP contribution in [0.1, 0.15) is 43.4 Å². The van der Waals surface area contributed by atoms with Crippen molar-refractivity contribution in [1.29, 1.82) is 0 Å². The average Bonchev–Trinajstić information content (AvgIpc) is 3.03. The molecule has 0 bridgehead atoms. The van der Waals surface area contributed by atoms with Gasteiger partial charge in [-0.25, -0.2) is 0 Å². The lowest BCUT2D eigenvalue weighted by Crippen LogP contribution is -2.23. The smallest absolute Gasteiger partial charge is 0.0539 e. The first kappa shape index (κ1) is 13.4. The topological polar surface area (TPSA) is 34.8 Å². The molecular formula is C16H24N4. The molecule has 4 heteroatoms. The predicted octanol–water partition coefficient (Wildman–Crippen LogP) is 2.72. The summed E-state index contributed by atoms with van der Waals surface area (Å²) in [6, 6.07) is 2.81. The summed E-state index contributed by atoms with van der Waals surface area (Å²) in [6.45, 7) is 4.23. The fourth-order valence-corrected chi connectivity index (χ4v) is 2.79. The molecule has 1 unspecified atom stereocenters. The monoisotopic (exact) mass is 272 g/mol. The second kappa shape index (κ2) is 5.83. The van der Waals surface area contributed by atoms with Crippen LogP contribution in [0.4, 0.5) is 0 Å². The Kier molecular flexibility index (Phi) is 3.92. The quantitative estimate of drug-likeness (QED) is 0.841. The fraction of sp³-hybridized carbons (Fsp3) is 0.562. The van der Waals surface area contributed by atoms with Gasteiger partial charge in [-0.15, -0.1) is 0 Å². The summed E-state index contributed by atoms with van der Waals surface area (Å²) >= 11 is 0. The normalized spacial score (nSPS) is 16.5. The standard InChI is InChI=1S/C16H24N4/c1-3-7-17-16(14-4-5-14)15-6-8-20(12-15)11-13-9-18-19(2)10-13/h6,8-10,12,14,16-17H,3-5,7,11H2,1-2H3. The van der Waals surface area contributed by atoms with Gasteiger partial charge in [0.15, 0.2) is 0 Å². The Labute approximate surface area is 120 Å². The molecule has 0 aliphatic heterocycles. The zero-order valence-electron chi connectivity index (χ0n) is 12.4. The lowest BCUT2D eigenvalue weighted by atomic mass is 10.1. The third kappa shape index (κ3) is 3.12. The van der Waals surface area contributed by atoms with Gasteiger partial charge < -0.3 is 9.88 Å². The zero-order chi connectivity index (χ0) is 13.9. The van der Waals surface area contributed by atoms with E-state index in [-0.39, 0.29) is 0 Å². The number of aromatic nitrogens is 3. The SMILES string of the molecule is CCCNC(c1ccn(Cc2cnn(C)c2)c1)C1CC1. The van der Waals surface area contributed by atoms with Crippen molar-refractivity contribution >= 4 is 0 Å². The molecule has 108 valence electrons. The number of aryl methyl sites for hydroxylation is 1. The van der Waals surface area contributed by atoms with E-state index in [0.29, 0.717) is 6.04 Å². The Bertz CT molecular complexity index is 550. The highest BCUT2D eigenvalue weighted by atomic mass is 15.2.